The Balaban J connectivity index is 1.99. The van der Waals surface area contributed by atoms with E-state index in [1.54, 1.807) is 12.1 Å². The lowest BCUT2D eigenvalue weighted by Crippen LogP contribution is -2.03. The van der Waals surface area contributed by atoms with Gasteiger partial charge in [0.15, 0.2) is 0 Å². The van der Waals surface area contributed by atoms with E-state index in [4.69, 9.17) is 4.42 Å². The van der Waals surface area contributed by atoms with Crippen LogP contribution in [0.2, 0.25) is 0 Å². The van der Waals surface area contributed by atoms with Crippen molar-refractivity contribution in [2.75, 3.05) is 0 Å². The first-order chi connectivity index (χ1) is 12.0. The molecule has 0 unspecified atom stereocenters. The fraction of sp³-hybridized carbons (Fsp3) is 0.150. The summed E-state index contributed by atoms with van der Waals surface area (Å²) < 4.78 is 5.37. The van der Waals surface area contributed by atoms with Crippen molar-refractivity contribution < 1.29 is 14.6 Å². The summed E-state index contributed by atoms with van der Waals surface area (Å²) in [6.07, 6.45) is 0. The Morgan fingerprint density at radius 3 is 2.32 bits per heavy atom. The molecule has 3 rings (SSSR count). The van der Waals surface area contributed by atoms with Gasteiger partial charge in [0, 0.05) is 16.5 Å². The molecule has 5 heteroatoms. The summed E-state index contributed by atoms with van der Waals surface area (Å²) in [5.74, 6) is 0.550. The van der Waals surface area contributed by atoms with Gasteiger partial charge in [-0.2, -0.15) is 0 Å². The average molecular weight is 354 g/mol. The number of hydrogen-bond donors (Lipinski definition) is 2. The topological polar surface area (TPSA) is 70.7 Å². The van der Waals surface area contributed by atoms with E-state index < -0.39 is 5.63 Å². The predicted octanol–water partition coefficient (Wildman–Crippen LogP) is 4.99. The highest BCUT2D eigenvalue weighted by molar-refractivity contribution is 7.99. The lowest BCUT2D eigenvalue weighted by atomic mass is 10.0. The van der Waals surface area contributed by atoms with Crippen molar-refractivity contribution in [1.29, 1.82) is 0 Å². The standard InChI is InChI=1S/C20H18O4S/c1-12(2)15-5-3-4-6-18(15)25-19-16(22)11-17(24-20(19)23)13-7-9-14(21)10-8-13/h3-12,21-22H,1-2H3. The van der Waals surface area contributed by atoms with Crippen LogP contribution in [0.3, 0.4) is 0 Å². The van der Waals surface area contributed by atoms with Gasteiger partial charge < -0.3 is 14.6 Å². The lowest BCUT2D eigenvalue weighted by molar-refractivity contribution is 0.430. The summed E-state index contributed by atoms with van der Waals surface area (Å²) in [6, 6.07) is 15.4. The summed E-state index contributed by atoms with van der Waals surface area (Å²) >= 11 is 1.21. The Bertz CT molecular complexity index is 943. The highest BCUT2D eigenvalue weighted by atomic mass is 32.2. The van der Waals surface area contributed by atoms with Gasteiger partial charge in [0.25, 0.3) is 0 Å². The maximum Gasteiger partial charge on any atom is 0.354 e. The molecule has 2 N–H and O–H groups in total. The van der Waals surface area contributed by atoms with Crippen LogP contribution in [0, 0.1) is 0 Å². The Kier molecular flexibility index (Phi) is 4.86. The third-order valence-electron chi connectivity index (χ3n) is 3.79. The zero-order valence-electron chi connectivity index (χ0n) is 13.9. The molecule has 0 spiro atoms. The minimum absolute atomic E-state index is 0.118. The molecule has 0 aliphatic carbocycles. The quantitative estimate of drug-likeness (QED) is 0.690. The Morgan fingerprint density at radius 2 is 1.68 bits per heavy atom. The first kappa shape index (κ1) is 17.2. The van der Waals surface area contributed by atoms with Crippen LogP contribution in [-0.2, 0) is 0 Å². The number of aromatic hydroxyl groups is 2. The third kappa shape index (κ3) is 3.72. The van der Waals surface area contributed by atoms with E-state index in [0.29, 0.717) is 11.5 Å². The number of phenols is 1. The number of rotatable bonds is 4. The van der Waals surface area contributed by atoms with Crippen LogP contribution in [0.5, 0.6) is 11.5 Å². The van der Waals surface area contributed by atoms with Gasteiger partial charge in [0.1, 0.15) is 22.2 Å². The van der Waals surface area contributed by atoms with Crippen molar-refractivity contribution in [2.24, 2.45) is 0 Å². The van der Waals surface area contributed by atoms with E-state index in [1.807, 2.05) is 24.3 Å². The second-order valence-corrected chi connectivity index (χ2v) is 7.01. The van der Waals surface area contributed by atoms with E-state index >= 15 is 0 Å². The molecule has 0 atom stereocenters. The minimum atomic E-state index is -0.591. The van der Waals surface area contributed by atoms with Crippen molar-refractivity contribution in [3.8, 4) is 22.8 Å². The van der Waals surface area contributed by atoms with Crippen LogP contribution >= 0.6 is 11.8 Å². The van der Waals surface area contributed by atoms with E-state index in [2.05, 4.69) is 13.8 Å². The summed E-state index contributed by atoms with van der Waals surface area (Å²) in [5, 5.41) is 19.7. The lowest BCUT2D eigenvalue weighted by Gasteiger charge is -2.12. The number of hydrogen-bond acceptors (Lipinski definition) is 5. The van der Waals surface area contributed by atoms with Crippen molar-refractivity contribution >= 4 is 11.8 Å². The molecule has 2 aromatic carbocycles. The molecular formula is C20H18O4S. The monoisotopic (exact) mass is 354 g/mol. The van der Waals surface area contributed by atoms with Gasteiger partial charge in [-0.15, -0.1) is 0 Å². The van der Waals surface area contributed by atoms with Crippen molar-refractivity contribution in [3.63, 3.8) is 0 Å². The maximum atomic E-state index is 12.4. The molecule has 1 heterocycles. The second kappa shape index (κ2) is 7.07. The molecule has 0 saturated heterocycles. The van der Waals surface area contributed by atoms with Crippen LogP contribution in [0.25, 0.3) is 11.3 Å². The van der Waals surface area contributed by atoms with Crippen LogP contribution in [0.1, 0.15) is 25.3 Å². The van der Waals surface area contributed by atoms with Crippen molar-refractivity contribution in [2.45, 2.75) is 29.6 Å². The molecule has 0 aliphatic rings. The molecule has 0 amide bonds. The molecule has 0 radical (unpaired) electrons. The van der Waals surface area contributed by atoms with Crippen LogP contribution in [0.4, 0.5) is 0 Å². The molecule has 0 bridgehead atoms. The fourth-order valence-electron chi connectivity index (χ4n) is 2.49. The maximum absolute atomic E-state index is 12.4. The predicted molar refractivity (Wildman–Crippen MR) is 98.4 cm³/mol. The Labute approximate surface area is 149 Å². The van der Waals surface area contributed by atoms with Gasteiger partial charge in [-0.3, -0.25) is 0 Å². The number of phenolic OH excluding ortho intramolecular Hbond substituents is 1. The average Bonchev–Trinajstić information content (AvgIpc) is 2.59. The van der Waals surface area contributed by atoms with Gasteiger partial charge in [-0.05, 0) is 41.8 Å². The molecular weight excluding hydrogens is 336 g/mol. The second-order valence-electron chi connectivity index (χ2n) is 5.95. The molecule has 0 aliphatic heterocycles. The molecule has 3 aromatic rings. The Hall–Kier alpha value is -2.66. The van der Waals surface area contributed by atoms with Gasteiger partial charge in [-0.1, -0.05) is 43.8 Å². The van der Waals surface area contributed by atoms with Gasteiger partial charge in [0.2, 0.25) is 0 Å². The highest BCUT2D eigenvalue weighted by Crippen LogP contribution is 2.37. The fourth-order valence-corrected chi connectivity index (χ4v) is 3.57. The molecule has 0 fully saturated rings. The van der Waals surface area contributed by atoms with Crippen molar-refractivity contribution in [3.05, 3.63) is 70.6 Å². The minimum Gasteiger partial charge on any atom is -0.508 e. The van der Waals surface area contributed by atoms with E-state index in [0.717, 1.165) is 10.5 Å². The first-order valence-corrected chi connectivity index (χ1v) is 8.70. The van der Waals surface area contributed by atoms with Crippen LogP contribution in [-0.4, -0.2) is 10.2 Å². The van der Waals surface area contributed by atoms with Gasteiger partial charge in [-0.25, -0.2) is 4.79 Å². The summed E-state index contributed by atoms with van der Waals surface area (Å²) in [7, 11) is 0. The zero-order chi connectivity index (χ0) is 18.0. The largest absolute Gasteiger partial charge is 0.508 e. The van der Waals surface area contributed by atoms with E-state index in [1.165, 1.54) is 30.0 Å². The first-order valence-electron chi connectivity index (χ1n) is 7.89. The smallest absolute Gasteiger partial charge is 0.354 e. The highest BCUT2D eigenvalue weighted by Gasteiger charge is 2.16. The zero-order valence-corrected chi connectivity index (χ0v) is 14.7. The summed E-state index contributed by atoms with van der Waals surface area (Å²) in [4.78, 5) is 13.5. The summed E-state index contributed by atoms with van der Waals surface area (Å²) in [5.41, 5.74) is 1.12. The van der Waals surface area contributed by atoms with E-state index in [9.17, 15) is 15.0 Å². The summed E-state index contributed by atoms with van der Waals surface area (Å²) in [6.45, 7) is 4.16. The SMILES string of the molecule is CC(C)c1ccccc1Sc1c(O)cc(-c2ccc(O)cc2)oc1=O. The molecule has 1 aromatic heterocycles. The van der Waals surface area contributed by atoms with Gasteiger partial charge >= 0.3 is 5.63 Å². The normalized spacial score (nSPS) is 11.0. The van der Waals surface area contributed by atoms with E-state index in [-0.39, 0.29) is 22.2 Å². The van der Waals surface area contributed by atoms with Crippen LogP contribution < -0.4 is 5.63 Å². The number of benzene rings is 2. The molecule has 128 valence electrons. The van der Waals surface area contributed by atoms with Crippen LogP contribution in [0.15, 0.2) is 73.6 Å². The Morgan fingerprint density at radius 1 is 1.00 bits per heavy atom. The molecule has 25 heavy (non-hydrogen) atoms. The van der Waals surface area contributed by atoms with Crippen molar-refractivity contribution in [1.82, 2.24) is 0 Å². The molecule has 4 nitrogen and oxygen atoms in total. The van der Waals surface area contributed by atoms with Gasteiger partial charge in [0.05, 0.1) is 0 Å². The molecule has 0 saturated carbocycles. The third-order valence-corrected chi connectivity index (χ3v) is 4.96.